The van der Waals surface area contributed by atoms with Gasteiger partial charge in [-0.1, -0.05) is 0 Å². The van der Waals surface area contributed by atoms with Crippen molar-refractivity contribution < 1.29 is 4.79 Å². The Hall–Kier alpha value is -1.91. The van der Waals surface area contributed by atoms with Crippen LogP contribution < -0.4 is 5.32 Å². The summed E-state index contributed by atoms with van der Waals surface area (Å²) >= 11 is 0. The highest BCUT2D eigenvalue weighted by Gasteiger charge is 2.29. The summed E-state index contributed by atoms with van der Waals surface area (Å²) in [5.74, 6) is 1.15. The smallest absolute Gasteiger partial charge is 0.269 e. The van der Waals surface area contributed by atoms with Crippen molar-refractivity contribution in [2.45, 2.75) is 39.7 Å². The van der Waals surface area contributed by atoms with Crippen molar-refractivity contribution in [2.24, 2.45) is 5.92 Å². The summed E-state index contributed by atoms with van der Waals surface area (Å²) in [5, 5.41) is 10.4. The third-order valence-corrected chi connectivity index (χ3v) is 3.31. The number of hydrogen-bond acceptors (Lipinski definition) is 3. The van der Waals surface area contributed by atoms with Gasteiger partial charge >= 0.3 is 0 Å². The number of carbonyl (C=O) groups is 1. The first-order valence-corrected chi connectivity index (χ1v) is 6.57. The van der Waals surface area contributed by atoms with Crippen molar-refractivity contribution >= 4 is 17.2 Å². The van der Waals surface area contributed by atoms with Crippen molar-refractivity contribution in [1.82, 2.24) is 15.3 Å². The maximum Gasteiger partial charge on any atom is 0.269 e. The number of imidazole rings is 1. The zero-order chi connectivity index (χ0) is 14.0. The number of aromatic nitrogens is 2. The number of H-pyrrole nitrogens is 1. The summed E-state index contributed by atoms with van der Waals surface area (Å²) in [6, 6.07) is 0.222. The van der Waals surface area contributed by atoms with Crippen LogP contribution in [0.5, 0.6) is 0 Å². The van der Waals surface area contributed by atoms with Crippen LogP contribution in [-0.4, -0.2) is 27.6 Å². The summed E-state index contributed by atoms with van der Waals surface area (Å²) in [6.07, 6.45) is 5.67. The topological polar surface area (TPSA) is 81.6 Å². The molecule has 1 heterocycles. The summed E-state index contributed by atoms with van der Waals surface area (Å²) < 4.78 is 0. The third kappa shape index (κ3) is 3.53. The molecule has 1 aliphatic carbocycles. The van der Waals surface area contributed by atoms with Crippen LogP contribution in [-0.2, 0) is 0 Å². The molecular formula is C14H20N4O. The molecule has 1 saturated carbocycles. The minimum atomic E-state index is -0.113. The third-order valence-electron chi connectivity index (χ3n) is 3.31. The first-order chi connectivity index (χ1) is 8.97. The average molecular weight is 260 g/mol. The van der Waals surface area contributed by atoms with E-state index in [9.17, 15) is 4.79 Å². The molecular weight excluding hydrogens is 240 g/mol. The number of rotatable bonds is 5. The highest BCUT2D eigenvalue weighted by Crippen LogP contribution is 2.32. The molecule has 19 heavy (non-hydrogen) atoms. The van der Waals surface area contributed by atoms with Gasteiger partial charge in [-0.2, -0.15) is 0 Å². The lowest BCUT2D eigenvalue weighted by atomic mass is 10.2. The molecule has 1 fully saturated rings. The van der Waals surface area contributed by atoms with Gasteiger partial charge in [0.25, 0.3) is 5.91 Å². The molecule has 1 aliphatic rings. The largest absolute Gasteiger partial charge is 0.348 e. The van der Waals surface area contributed by atoms with Gasteiger partial charge in [-0.15, -0.1) is 0 Å². The molecule has 5 heteroatoms. The van der Waals surface area contributed by atoms with Gasteiger partial charge in [-0.25, -0.2) is 4.98 Å². The SMILES string of the molecule is CC(=N)/C=C(/C)c1ncc(C(=O)NC(C)C2CC2)[nH]1. The second-order valence-electron chi connectivity index (χ2n) is 5.26. The summed E-state index contributed by atoms with van der Waals surface area (Å²) in [7, 11) is 0. The molecule has 0 bridgehead atoms. The van der Waals surface area contributed by atoms with Gasteiger partial charge in [0.2, 0.25) is 0 Å². The molecule has 0 radical (unpaired) electrons. The first kappa shape index (κ1) is 13.5. The predicted octanol–water partition coefficient (Wildman–Crippen LogP) is 2.38. The zero-order valence-corrected chi connectivity index (χ0v) is 11.6. The maximum absolute atomic E-state index is 12.0. The Kier molecular flexibility index (Phi) is 3.83. The van der Waals surface area contributed by atoms with Gasteiger partial charge in [0.1, 0.15) is 11.5 Å². The fourth-order valence-corrected chi connectivity index (χ4v) is 2.03. The van der Waals surface area contributed by atoms with E-state index in [1.807, 2.05) is 13.8 Å². The van der Waals surface area contributed by atoms with E-state index in [4.69, 9.17) is 5.41 Å². The maximum atomic E-state index is 12.0. The molecule has 102 valence electrons. The zero-order valence-electron chi connectivity index (χ0n) is 11.6. The number of nitrogens with zero attached hydrogens (tertiary/aromatic N) is 1. The summed E-state index contributed by atoms with van der Waals surface area (Å²) in [6.45, 7) is 5.61. The van der Waals surface area contributed by atoms with E-state index in [1.165, 1.54) is 12.8 Å². The number of allylic oxidation sites excluding steroid dienone is 2. The van der Waals surface area contributed by atoms with Crippen molar-refractivity contribution in [3.63, 3.8) is 0 Å². The van der Waals surface area contributed by atoms with Crippen LogP contribution >= 0.6 is 0 Å². The average Bonchev–Trinajstić information content (AvgIpc) is 3.05. The molecule has 2 rings (SSSR count). The molecule has 0 spiro atoms. The normalized spacial score (nSPS) is 17.1. The highest BCUT2D eigenvalue weighted by molar-refractivity contribution is 5.96. The van der Waals surface area contributed by atoms with Crippen LogP contribution in [0.1, 0.15) is 49.9 Å². The Bertz CT molecular complexity index is 525. The molecule has 1 aromatic rings. The summed E-state index contributed by atoms with van der Waals surface area (Å²) in [5.41, 5.74) is 1.78. The number of amides is 1. The molecule has 1 aromatic heterocycles. The lowest BCUT2D eigenvalue weighted by Gasteiger charge is -2.11. The summed E-state index contributed by atoms with van der Waals surface area (Å²) in [4.78, 5) is 19.2. The van der Waals surface area contributed by atoms with Gasteiger partial charge < -0.3 is 15.7 Å². The molecule has 1 amide bonds. The van der Waals surface area contributed by atoms with E-state index in [0.29, 0.717) is 23.1 Å². The Morgan fingerprint density at radius 2 is 2.26 bits per heavy atom. The molecule has 1 unspecified atom stereocenters. The van der Waals surface area contributed by atoms with Gasteiger partial charge in [0.05, 0.1) is 6.20 Å². The molecule has 1 atom stereocenters. The molecule has 0 aliphatic heterocycles. The van der Waals surface area contributed by atoms with Crippen molar-refractivity contribution in [2.75, 3.05) is 0 Å². The Labute approximate surface area is 113 Å². The fourth-order valence-electron chi connectivity index (χ4n) is 2.03. The molecule has 0 aromatic carbocycles. The van der Waals surface area contributed by atoms with Crippen LogP contribution in [0.2, 0.25) is 0 Å². The molecule has 5 nitrogen and oxygen atoms in total. The quantitative estimate of drug-likeness (QED) is 0.710. The van der Waals surface area contributed by atoms with Gasteiger partial charge in [0, 0.05) is 11.8 Å². The minimum absolute atomic E-state index is 0.113. The van der Waals surface area contributed by atoms with Crippen LogP contribution in [0.25, 0.3) is 5.57 Å². The monoisotopic (exact) mass is 260 g/mol. The number of aromatic amines is 1. The van der Waals surface area contributed by atoms with E-state index >= 15 is 0 Å². The van der Waals surface area contributed by atoms with E-state index in [-0.39, 0.29) is 11.9 Å². The number of carbonyl (C=O) groups excluding carboxylic acids is 1. The number of nitrogens with one attached hydrogen (secondary N) is 3. The highest BCUT2D eigenvalue weighted by atomic mass is 16.2. The Balaban J connectivity index is 2.03. The van der Waals surface area contributed by atoms with E-state index in [1.54, 1.807) is 19.2 Å². The van der Waals surface area contributed by atoms with Crippen LogP contribution in [0, 0.1) is 11.3 Å². The van der Waals surface area contributed by atoms with Crippen LogP contribution in [0.15, 0.2) is 12.3 Å². The van der Waals surface area contributed by atoms with Gasteiger partial charge in [0.15, 0.2) is 0 Å². The second-order valence-corrected chi connectivity index (χ2v) is 5.26. The second kappa shape index (κ2) is 5.38. The van der Waals surface area contributed by atoms with Gasteiger partial charge in [-0.05, 0) is 51.2 Å². The first-order valence-electron chi connectivity index (χ1n) is 6.57. The van der Waals surface area contributed by atoms with E-state index < -0.39 is 0 Å². The van der Waals surface area contributed by atoms with E-state index in [0.717, 1.165) is 5.57 Å². The predicted molar refractivity (Wildman–Crippen MR) is 75.3 cm³/mol. The number of hydrogen-bond donors (Lipinski definition) is 3. The molecule has 0 saturated heterocycles. The molecule has 3 N–H and O–H groups in total. The van der Waals surface area contributed by atoms with Crippen LogP contribution in [0.3, 0.4) is 0 Å². The van der Waals surface area contributed by atoms with Crippen molar-refractivity contribution in [3.8, 4) is 0 Å². The lowest BCUT2D eigenvalue weighted by Crippen LogP contribution is -2.34. The Morgan fingerprint density at radius 1 is 1.58 bits per heavy atom. The van der Waals surface area contributed by atoms with Crippen molar-refractivity contribution in [1.29, 1.82) is 5.41 Å². The van der Waals surface area contributed by atoms with Crippen molar-refractivity contribution in [3.05, 3.63) is 23.8 Å². The standard InChI is InChI=1S/C14H20N4O/c1-8(6-9(2)15)13-16-7-12(18-13)14(19)17-10(3)11-4-5-11/h6-7,10-11,15H,4-5H2,1-3H3,(H,16,18)(H,17,19)/b8-6-,15-9?. The van der Waals surface area contributed by atoms with Crippen LogP contribution in [0.4, 0.5) is 0 Å². The minimum Gasteiger partial charge on any atom is -0.348 e. The van der Waals surface area contributed by atoms with Gasteiger partial charge in [-0.3, -0.25) is 4.79 Å². The lowest BCUT2D eigenvalue weighted by molar-refractivity contribution is 0.0931. The fraction of sp³-hybridized carbons (Fsp3) is 0.500. The van der Waals surface area contributed by atoms with E-state index in [2.05, 4.69) is 15.3 Å². The Morgan fingerprint density at radius 3 is 2.84 bits per heavy atom.